The van der Waals surface area contributed by atoms with Gasteiger partial charge in [0.15, 0.2) is 0 Å². The molecule has 0 amide bonds. The zero-order valence-electron chi connectivity index (χ0n) is 23.5. The summed E-state index contributed by atoms with van der Waals surface area (Å²) in [5, 5.41) is 0. The van der Waals surface area contributed by atoms with Gasteiger partial charge in [0.25, 0.3) is 0 Å². The van der Waals surface area contributed by atoms with E-state index in [4.69, 9.17) is 0 Å². The molecule has 4 atom stereocenters. The van der Waals surface area contributed by atoms with Crippen LogP contribution in [0.2, 0.25) is 7.25 Å². The van der Waals surface area contributed by atoms with Crippen molar-refractivity contribution >= 4 is 38.2 Å². The van der Waals surface area contributed by atoms with E-state index in [1.54, 1.807) is 28.8 Å². The van der Waals surface area contributed by atoms with Crippen LogP contribution in [0.1, 0.15) is 66.2 Å². The van der Waals surface area contributed by atoms with Gasteiger partial charge in [0.05, 0.1) is 0 Å². The van der Waals surface area contributed by atoms with Crippen LogP contribution in [-0.2, 0) is 17.4 Å². The minimum atomic E-state index is -4.19. The van der Waals surface area contributed by atoms with Crippen molar-refractivity contribution in [2.45, 2.75) is 73.5 Å². The summed E-state index contributed by atoms with van der Waals surface area (Å²) in [6.07, 6.45) is 13.3. The van der Waals surface area contributed by atoms with Crippen molar-refractivity contribution in [1.29, 1.82) is 0 Å². The van der Waals surface area contributed by atoms with Gasteiger partial charge in [-0.05, 0) is 0 Å². The van der Waals surface area contributed by atoms with Crippen LogP contribution in [0.25, 0.3) is 0 Å². The molecule has 0 bridgehead atoms. The topological polar surface area (TPSA) is 0 Å². The van der Waals surface area contributed by atoms with Gasteiger partial charge in [-0.3, -0.25) is 0 Å². The number of hydrogen-bond donors (Lipinski definition) is 0. The van der Waals surface area contributed by atoms with Gasteiger partial charge in [-0.15, -0.1) is 24.8 Å². The Morgan fingerprint density at radius 1 is 0.632 bits per heavy atom. The van der Waals surface area contributed by atoms with Crippen molar-refractivity contribution in [3.63, 3.8) is 0 Å². The molecule has 0 heterocycles. The molecule has 0 nitrogen and oxygen atoms in total. The van der Waals surface area contributed by atoms with Gasteiger partial charge in [-0.1, -0.05) is 0 Å². The maximum absolute atomic E-state index is 4.19. The predicted octanol–water partition coefficient (Wildman–Crippen LogP) is 8.45. The Morgan fingerprint density at radius 3 is 1.37 bits per heavy atom. The number of benzene rings is 2. The Balaban J connectivity index is 0.00000168. The van der Waals surface area contributed by atoms with E-state index < -0.39 is 17.4 Å². The zero-order chi connectivity index (χ0) is 25.1. The third-order valence-corrected chi connectivity index (χ3v) is 39.0. The third kappa shape index (κ3) is 4.15. The molecule has 38 heavy (non-hydrogen) atoms. The smallest absolute Gasteiger partial charge is 0.147 e. The van der Waals surface area contributed by atoms with E-state index in [0.29, 0.717) is 19.1 Å². The summed E-state index contributed by atoms with van der Waals surface area (Å²) in [4.78, 5) is 0. The Morgan fingerprint density at radius 2 is 1.00 bits per heavy atom. The first-order chi connectivity index (χ1) is 17.4. The molecule has 202 valence electrons. The molecule has 2 aromatic rings. The van der Waals surface area contributed by atoms with Crippen molar-refractivity contribution in [3.8, 4) is 0 Å². The van der Waals surface area contributed by atoms with Crippen LogP contribution in [0.3, 0.4) is 0 Å². The normalized spacial score (nSPS) is 27.1. The first kappa shape index (κ1) is 30.0. The molecule has 0 radical (unpaired) electrons. The second-order valence-electron chi connectivity index (χ2n) is 12.6. The number of rotatable bonds is 4. The molecular weight excluding hydrogens is 599 g/mol. The Labute approximate surface area is 245 Å². The van der Waals surface area contributed by atoms with E-state index in [-0.39, 0.29) is 24.8 Å². The molecule has 2 aromatic carbocycles. The van der Waals surface area contributed by atoms with E-state index in [1.807, 2.05) is 11.1 Å². The fourth-order valence-corrected chi connectivity index (χ4v) is 39.4. The van der Waals surface area contributed by atoms with Gasteiger partial charge in [-0.25, -0.2) is 0 Å². The predicted molar refractivity (Wildman–Crippen MR) is 170 cm³/mol. The summed E-state index contributed by atoms with van der Waals surface area (Å²) < 4.78 is 4.56. The fourth-order valence-electron chi connectivity index (χ4n) is 9.23. The van der Waals surface area contributed by atoms with Crippen LogP contribution in [-0.4, -0.2) is 6.88 Å². The second-order valence-corrected chi connectivity index (χ2v) is 35.3. The minimum absolute atomic E-state index is 0. The summed E-state index contributed by atoms with van der Waals surface area (Å²) in [7, 11) is 0. The molecule has 0 saturated carbocycles. The van der Waals surface area contributed by atoms with Crippen molar-refractivity contribution in [1.82, 2.24) is 0 Å². The summed E-state index contributed by atoms with van der Waals surface area (Å²) in [6, 6.07) is 24.0. The van der Waals surface area contributed by atoms with E-state index >= 15 is 0 Å². The monoisotopic (exact) mass is 640 g/mol. The maximum atomic E-state index is 2.66. The molecule has 0 N–H and O–H groups in total. The quantitative estimate of drug-likeness (QED) is 0.294. The van der Waals surface area contributed by atoms with Crippen LogP contribution < -0.4 is 6.54 Å². The SMILES string of the molecule is CC1=CC2=C(CCCC2C)[CH]1[Zr](=[SiH2])([c]1ccccc1)([c]1ccccc1)[CH]1C(C)=CC2=C1CCCC2C.Cl.Cl. The van der Waals surface area contributed by atoms with Crippen LogP contribution in [0, 0.1) is 11.8 Å². The summed E-state index contributed by atoms with van der Waals surface area (Å²) in [5.41, 5.74) is 10.4. The first-order valence-corrected chi connectivity index (χ1v) is 25.5. The molecule has 0 fully saturated rings. The first-order valence-electron chi connectivity index (χ1n) is 14.3. The molecule has 0 spiro atoms. The molecule has 4 unspecified atom stereocenters. The summed E-state index contributed by atoms with van der Waals surface area (Å²) in [6.45, 7) is 12.5. The van der Waals surface area contributed by atoms with Gasteiger partial charge in [0.2, 0.25) is 0 Å². The van der Waals surface area contributed by atoms with E-state index in [1.165, 1.54) is 38.5 Å². The molecule has 4 heteroatoms. The van der Waals surface area contributed by atoms with Crippen LogP contribution in [0.5, 0.6) is 0 Å². The average molecular weight is 643 g/mol. The van der Waals surface area contributed by atoms with Gasteiger partial charge in [0, 0.05) is 0 Å². The Hall–Kier alpha value is -0.920. The maximum Gasteiger partial charge on any atom is -0.147 e. The molecular formula is C34H44Cl2SiZr. The van der Waals surface area contributed by atoms with Gasteiger partial charge >= 0.3 is 222 Å². The van der Waals surface area contributed by atoms with Crippen molar-refractivity contribution in [2.75, 3.05) is 0 Å². The van der Waals surface area contributed by atoms with E-state index in [9.17, 15) is 0 Å². The number of halogens is 2. The second kappa shape index (κ2) is 11.2. The van der Waals surface area contributed by atoms with E-state index in [2.05, 4.69) is 107 Å². The van der Waals surface area contributed by atoms with Crippen LogP contribution in [0.4, 0.5) is 0 Å². The fraction of sp³-hybridized carbons (Fsp3) is 0.412. The number of hydrogen-bond acceptors (Lipinski definition) is 0. The largest absolute Gasteiger partial charge is 0.147 e. The zero-order valence-corrected chi connectivity index (χ0v) is 29.0. The minimum Gasteiger partial charge on any atom is -0.147 e. The van der Waals surface area contributed by atoms with Gasteiger partial charge in [0.1, 0.15) is 0 Å². The average Bonchev–Trinajstić information content (AvgIpc) is 3.43. The Kier molecular flexibility index (Phi) is 8.82. The van der Waals surface area contributed by atoms with Gasteiger partial charge < -0.3 is 0 Å². The van der Waals surface area contributed by atoms with E-state index in [0.717, 1.165) is 0 Å². The Bertz CT molecular complexity index is 1290. The van der Waals surface area contributed by atoms with Crippen LogP contribution >= 0.6 is 24.8 Å². The molecule has 0 aliphatic heterocycles. The van der Waals surface area contributed by atoms with Crippen molar-refractivity contribution in [2.24, 2.45) is 11.8 Å². The summed E-state index contributed by atoms with van der Waals surface area (Å²) in [5.74, 6) is 1.39. The molecule has 6 rings (SSSR count). The molecule has 0 saturated heterocycles. The van der Waals surface area contributed by atoms with Crippen LogP contribution in [0.15, 0.2) is 106 Å². The third-order valence-electron chi connectivity index (χ3n) is 10.6. The van der Waals surface area contributed by atoms with Crippen molar-refractivity contribution < 1.29 is 17.4 Å². The van der Waals surface area contributed by atoms with Crippen molar-refractivity contribution in [3.05, 3.63) is 106 Å². The standard InChI is InChI=1S/2C11H15.2C6H5.2ClH.H2Si.Zr/c2*1-8-6-10-5-3-4-9(2)11(10)7-8;2*1-2-4-6-5-3-1;;;;/h2*6-7,9H,3-5H2,1-2H3;2*1-5H;2*1H;1H2;. The molecule has 0 aromatic heterocycles. The molecule has 4 aliphatic rings. The van der Waals surface area contributed by atoms with Gasteiger partial charge in [-0.2, -0.15) is 0 Å². The molecule has 4 aliphatic carbocycles. The summed E-state index contributed by atoms with van der Waals surface area (Å²) >= 11 is -4.19. The number of allylic oxidation sites excluding steroid dienone is 8.